The number of rotatable bonds is 0. The predicted molar refractivity (Wildman–Crippen MR) is 52.3 cm³/mol. The van der Waals surface area contributed by atoms with Crippen molar-refractivity contribution in [3.63, 3.8) is 0 Å². The van der Waals surface area contributed by atoms with Crippen molar-refractivity contribution < 1.29 is 4.79 Å². The standard InChI is InChI=1S/C10H15BrO/c1-9(2)6-4-5-10(9,3)8(12)7(6)11/h6-7H,4-5H2,1-3H3/t6-,7?,10+/m0/s1. The summed E-state index contributed by atoms with van der Waals surface area (Å²) in [5.41, 5.74) is 0.157. The summed E-state index contributed by atoms with van der Waals surface area (Å²) in [7, 11) is 0. The summed E-state index contributed by atoms with van der Waals surface area (Å²) >= 11 is 3.52. The fourth-order valence-electron chi connectivity index (χ4n) is 2.98. The average molecular weight is 231 g/mol. The predicted octanol–water partition coefficient (Wildman–Crippen LogP) is 2.78. The molecule has 0 amide bonds. The van der Waals surface area contributed by atoms with E-state index in [1.807, 2.05) is 0 Å². The molecule has 0 aromatic rings. The Morgan fingerprint density at radius 2 is 2.00 bits per heavy atom. The summed E-state index contributed by atoms with van der Waals surface area (Å²) in [5, 5.41) is 0. The second kappa shape index (κ2) is 2.14. The molecule has 0 aromatic heterocycles. The first kappa shape index (κ1) is 8.74. The third-order valence-electron chi connectivity index (χ3n) is 4.45. The average Bonchev–Trinajstić information content (AvgIpc) is 2.26. The highest BCUT2D eigenvalue weighted by Gasteiger charge is 2.65. The number of halogens is 1. The van der Waals surface area contributed by atoms with Crippen molar-refractivity contribution in [2.45, 2.75) is 38.4 Å². The highest BCUT2D eigenvalue weighted by atomic mass is 79.9. The molecule has 2 aliphatic carbocycles. The van der Waals surface area contributed by atoms with Crippen LogP contribution in [0.1, 0.15) is 33.6 Å². The van der Waals surface area contributed by atoms with Gasteiger partial charge in [-0.25, -0.2) is 0 Å². The van der Waals surface area contributed by atoms with Gasteiger partial charge in [-0.2, -0.15) is 0 Å². The van der Waals surface area contributed by atoms with Gasteiger partial charge in [-0.15, -0.1) is 0 Å². The van der Waals surface area contributed by atoms with E-state index in [0.717, 1.165) is 6.42 Å². The van der Waals surface area contributed by atoms with Gasteiger partial charge < -0.3 is 0 Å². The highest BCUT2D eigenvalue weighted by Crippen LogP contribution is 2.65. The van der Waals surface area contributed by atoms with E-state index in [1.165, 1.54) is 6.42 Å². The van der Waals surface area contributed by atoms with Crippen LogP contribution in [0.15, 0.2) is 0 Å². The number of carbonyl (C=O) groups is 1. The van der Waals surface area contributed by atoms with E-state index in [4.69, 9.17) is 0 Å². The van der Waals surface area contributed by atoms with Gasteiger partial charge in [-0.05, 0) is 24.2 Å². The number of Topliss-reactive ketones (excluding diaryl/α,β-unsaturated/α-hetero) is 1. The Morgan fingerprint density at radius 1 is 1.42 bits per heavy atom. The van der Waals surface area contributed by atoms with Crippen LogP contribution in [0.4, 0.5) is 0 Å². The lowest BCUT2D eigenvalue weighted by molar-refractivity contribution is -0.127. The van der Waals surface area contributed by atoms with Gasteiger partial charge in [0.2, 0.25) is 0 Å². The summed E-state index contributed by atoms with van der Waals surface area (Å²) in [5.74, 6) is 0.999. The summed E-state index contributed by atoms with van der Waals surface area (Å²) in [6, 6.07) is 0. The molecule has 3 atom stereocenters. The molecule has 1 unspecified atom stereocenters. The number of ketones is 1. The molecule has 68 valence electrons. The van der Waals surface area contributed by atoms with Gasteiger partial charge in [0.1, 0.15) is 0 Å². The summed E-state index contributed by atoms with van der Waals surface area (Å²) < 4.78 is 0. The third kappa shape index (κ3) is 0.688. The van der Waals surface area contributed by atoms with Crippen molar-refractivity contribution in [1.82, 2.24) is 0 Å². The number of hydrogen-bond donors (Lipinski definition) is 0. The maximum absolute atomic E-state index is 11.9. The lowest BCUT2D eigenvalue weighted by Crippen LogP contribution is -2.33. The molecular formula is C10H15BrO. The SMILES string of the molecule is CC1(C)[C@H]2CC[C@]1(C)C(=O)C2Br. The van der Waals surface area contributed by atoms with Crippen LogP contribution in [0.2, 0.25) is 0 Å². The van der Waals surface area contributed by atoms with E-state index < -0.39 is 0 Å². The monoisotopic (exact) mass is 230 g/mol. The number of hydrogen-bond acceptors (Lipinski definition) is 1. The first-order chi connectivity index (χ1) is 5.41. The minimum atomic E-state index is -0.0498. The Morgan fingerprint density at radius 3 is 2.25 bits per heavy atom. The fraction of sp³-hybridized carbons (Fsp3) is 0.900. The Labute approximate surface area is 82.0 Å². The fourth-order valence-corrected chi connectivity index (χ4v) is 4.41. The van der Waals surface area contributed by atoms with E-state index in [2.05, 4.69) is 36.7 Å². The lowest BCUT2D eigenvalue weighted by Gasteiger charge is -2.32. The molecule has 2 saturated carbocycles. The van der Waals surface area contributed by atoms with Crippen LogP contribution >= 0.6 is 15.9 Å². The van der Waals surface area contributed by atoms with Crippen molar-refractivity contribution in [2.75, 3.05) is 0 Å². The van der Waals surface area contributed by atoms with Crippen molar-refractivity contribution >= 4 is 21.7 Å². The van der Waals surface area contributed by atoms with Crippen molar-refractivity contribution in [1.29, 1.82) is 0 Å². The number of carbonyl (C=O) groups excluding carboxylic acids is 1. The van der Waals surface area contributed by atoms with E-state index in [9.17, 15) is 4.79 Å². The van der Waals surface area contributed by atoms with Crippen molar-refractivity contribution in [3.05, 3.63) is 0 Å². The first-order valence-electron chi connectivity index (χ1n) is 4.59. The Hall–Kier alpha value is 0.150. The van der Waals surface area contributed by atoms with Crippen LogP contribution in [0.5, 0.6) is 0 Å². The molecule has 0 N–H and O–H groups in total. The molecular weight excluding hydrogens is 216 g/mol. The van der Waals surface area contributed by atoms with E-state index in [1.54, 1.807) is 0 Å². The summed E-state index contributed by atoms with van der Waals surface area (Å²) in [6.07, 6.45) is 2.30. The minimum Gasteiger partial charge on any atom is -0.298 e. The van der Waals surface area contributed by atoms with Gasteiger partial charge in [0.15, 0.2) is 5.78 Å². The van der Waals surface area contributed by atoms with Gasteiger partial charge >= 0.3 is 0 Å². The van der Waals surface area contributed by atoms with Crippen LogP contribution in [0.25, 0.3) is 0 Å². The largest absolute Gasteiger partial charge is 0.298 e. The summed E-state index contributed by atoms with van der Waals surface area (Å²) in [6.45, 7) is 6.62. The van der Waals surface area contributed by atoms with Crippen LogP contribution < -0.4 is 0 Å². The Bertz CT molecular complexity index is 246. The molecule has 2 heteroatoms. The zero-order valence-corrected chi connectivity index (χ0v) is 9.44. The minimum absolute atomic E-state index is 0.0498. The molecule has 0 radical (unpaired) electrons. The Balaban J connectivity index is 2.50. The molecule has 2 fully saturated rings. The van der Waals surface area contributed by atoms with Crippen molar-refractivity contribution in [3.8, 4) is 0 Å². The number of fused-ring (bicyclic) bond motifs is 2. The molecule has 0 heterocycles. The zero-order valence-electron chi connectivity index (χ0n) is 7.86. The molecule has 0 saturated heterocycles. The zero-order chi connectivity index (χ0) is 9.15. The highest BCUT2D eigenvalue weighted by molar-refractivity contribution is 9.10. The Kier molecular flexibility index (Phi) is 1.56. The van der Waals surface area contributed by atoms with E-state index in [0.29, 0.717) is 11.7 Å². The van der Waals surface area contributed by atoms with Crippen LogP contribution in [0.3, 0.4) is 0 Å². The van der Waals surface area contributed by atoms with Gasteiger partial charge in [0.25, 0.3) is 0 Å². The second-order valence-electron chi connectivity index (χ2n) is 4.96. The molecule has 0 spiro atoms. The van der Waals surface area contributed by atoms with Gasteiger partial charge in [0, 0.05) is 5.41 Å². The number of alkyl halides is 1. The maximum atomic E-state index is 11.9. The van der Waals surface area contributed by atoms with Crippen LogP contribution in [-0.4, -0.2) is 10.6 Å². The van der Waals surface area contributed by atoms with E-state index in [-0.39, 0.29) is 15.7 Å². The summed E-state index contributed by atoms with van der Waals surface area (Å²) in [4.78, 5) is 12.0. The molecule has 0 aromatic carbocycles. The smallest absolute Gasteiger partial charge is 0.153 e. The normalized spacial score (nSPS) is 50.2. The van der Waals surface area contributed by atoms with Crippen molar-refractivity contribution in [2.24, 2.45) is 16.7 Å². The van der Waals surface area contributed by atoms with Crippen LogP contribution in [0, 0.1) is 16.7 Å². The molecule has 1 nitrogen and oxygen atoms in total. The third-order valence-corrected chi connectivity index (χ3v) is 5.51. The topological polar surface area (TPSA) is 17.1 Å². The van der Waals surface area contributed by atoms with Gasteiger partial charge in [-0.1, -0.05) is 36.7 Å². The van der Waals surface area contributed by atoms with Gasteiger partial charge in [-0.3, -0.25) is 4.79 Å². The molecule has 12 heavy (non-hydrogen) atoms. The molecule has 2 rings (SSSR count). The van der Waals surface area contributed by atoms with E-state index >= 15 is 0 Å². The lowest BCUT2D eigenvalue weighted by atomic mass is 9.70. The quantitative estimate of drug-likeness (QED) is 0.586. The molecule has 2 bridgehead atoms. The first-order valence-corrected chi connectivity index (χ1v) is 5.51. The maximum Gasteiger partial charge on any atom is 0.153 e. The van der Waals surface area contributed by atoms with Crippen LogP contribution in [-0.2, 0) is 4.79 Å². The van der Waals surface area contributed by atoms with Gasteiger partial charge in [0.05, 0.1) is 4.83 Å². The molecule has 0 aliphatic heterocycles. The molecule has 2 aliphatic rings. The second-order valence-corrected chi connectivity index (χ2v) is 5.95.